The van der Waals surface area contributed by atoms with E-state index in [0.29, 0.717) is 6.04 Å². The highest BCUT2D eigenvalue weighted by molar-refractivity contribution is 7.99. The molecule has 1 aliphatic carbocycles. The molecule has 1 saturated carbocycles. The summed E-state index contributed by atoms with van der Waals surface area (Å²) < 4.78 is 0. The van der Waals surface area contributed by atoms with Gasteiger partial charge in [-0.15, -0.1) is 12.3 Å². The fraction of sp³-hybridized carbons (Fsp3) is 0.846. The van der Waals surface area contributed by atoms with E-state index in [2.05, 4.69) is 29.9 Å². The summed E-state index contributed by atoms with van der Waals surface area (Å²) >= 11 is 2.15. The number of thioether (sulfide) groups is 1. The molecule has 0 aliphatic heterocycles. The molecule has 0 radical (unpaired) electrons. The number of hydrogen-bond donors (Lipinski definition) is 1. The van der Waals surface area contributed by atoms with Gasteiger partial charge in [0.2, 0.25) is 0 Å². The Bertz CT molecular complexity index is 191. The number of rotatable bonds is 7. The Labute approximate surface area is 98.8 Å². The molecule has 0 bridgehead atoms. The maximum absolute atomic E-state index is 5.31. The lowest BCUT2D eigenvalue weighted by Crippen LogP contribution is -2.31. The topological polar surface area (TPSA) is 12.0 Å². The van der Waals surface area contributed by atoms with Crippen molar-refractivity contribution in [1.82, 2.24) is 5.32 Å². The molecule has 0 aromatic rings. The van der Waals surface area contributed by atoms with Gasteiger partial charge in [-0.05, 0) is 25.8 Å². The maximum atomic E-state index is 5.31. The summed E-state index contributed by atoms with van der Waals surface area (Å²) in [6, 6.07) is 0.622. The molecule has 1 nitrogen and oxygen atoms in total. The van der Waals surface area contributed by atoms with Gasteiger partial charge >= 0.3 is 0 Å². The first-order chi connectivity index (χ1) is 7.36. The highest BCUT2D eigenvalue weighted by atomic mass is 32.2. The Balaban J connectivity index is 2.15. The molecule has 1 atom stereocenters. The zero-order valence-corrected chi connectivity index (χ0v) is 10.6. The van der Waals surface area contributed by atoms with E-state index in [1.54, 1.807) is 0 Å². The highest BCUT2D eigenvalue weighted by Gasteiger charge is 2.17. The second-order valence-corrected chi connectivity index (χ2v) is 5.57. The van der Waals surface area contributed by atoms with Crippen LogP contribution in [0.2, 0.25) is 0 Å². The van der Waals surface area contributed by atoms with Gasteiger partial charge in [0.1, 0.15) is 0 Å². The van der Waals surface area contributed by atoms with Crippen LogP contribution in [0.3, 0.4) is 0 Å². The Kier molecular flexibility index (Phi) is 6.96. The van der Waals surface area contributed by atoms with Crippen molar-refractivity contribution in [3.8, 4) is 12.3 Å². The third-order valence-electron chi connectivity index (χ3n) is 2.97. The molecule has 0 amide bonds. The molecule has 0 spiro atoms. The van der Waals surface area contributed by atoms with Crippen LogP contribution in [-0.4, -0.2) is 23.6 Å². The van der Waals surface area contributed by atoms with Crippen molar-refractivity contribution in [1.29, 1.82) is 0 Å². The van der Waals surface area contributed by atoms with Crippen LogP contribution in [-0.2, 0) is 0 Å². The van der Waals surface area contributed by atoms with E-state index >= 15 is 0 Å². The van der Waals surface area contributed by atoms with Crippen LogP contribution in [0.1, 0.15) is 45.4 Å². The van der Waals surface area contributed by atoms with Crippen molar-refractivity contribution >= 4 is 11.8 Å². The molecule has 1 fully saturated rings. The van der Waals surface area contributed by atoms with Crippen molar-refractivity contribution in [2.75, 3.05) is 12.3 Å². The van der Waals surface area contributed by atoms with E-state index in [-0.39, 0.29) is 0 Å². The van der Waals surface area contributed by atoms with Gasteiger partial charge in [-0.25, -0.2) is 0 Å². The number of hydrogen-bond acceptors (Lipinski definition) is 2. The lowest BCUT2D eigenvalue weighted by Gasteiger charge is -2.18. The van der Waals surface area contributed by atoms with Crippen molar-refractivity contribution in [3.63, 3.8) is 0 Å². The Morgan fingerprint density at radius 3 is 2.80 bits per heavy atom. The monoisotopic (exact) mass is 225 g/mol. The predicted octanol–water partition coefficient (Wildman–Crippen LogP) is 3.05. The average Bonchev–Trinajstić information content (AvgIpc) is 2.75. The fourth-order valence-electron chi connectivity index (χ4n) is 2.10. The Morgan fingerprint density at radius 1 is 1.47 bits per heavy atom. The summed E-state index contributed by atoms with van der Waals surface area (Å²) in [4.78, 5) is 0. The van der Waals surface area contributed by atoms with Crippen LogP contribution < -0.4 is 5.32 Å². The highest BCUT2D eigenvalue weighted by Crippen LogP contribution is 2.29. The van der Waals surface area contributed by atoms with Gasteiger partial charge in [-0.2, -0.15) is 11.8 Å². The molecule has 1 N–H and O–H groups in total. The third kappa shape index (κ3) is 5.49. The average molecular weight is 225 g/mol. The van der Waals surface area contributed by atoms with E-state index in [1.165, 1.54) is 31.4 Å². The maximum Gasteiger partial charge on any atom is 0.0167 e. The number of nitrogens with one attached hydrogen (secondary N) is 1. The van der Waals surface area contributed by atoms with Crippen LogP contribution in [0.25, 0.3) is 0 Å². The summed E-state index contributed by atoms with van der Waals surface area (Å²) in [5.41, 5.74) is 0. The van der Waals surface area contributed by atoms with Crippen LogP contribution in [0.15, 0.2) is 0 Å². The second kappa shape index (κ2) is 8.07. The van der Waals surface area contributed by atoms with Gasteiger partial charge in [-0.3, -0.25) is 0 Å². The molecule has 15 heavy (non-hydrogen) atoms. The molecule has 86 valence electrons. The van der Waals surface area contributed by atoms with Gasteiger partial charge in [-0.1, -0.05) is 19.8 Å². The summed E-state index contributed by atoms with van der Waals surface area (Å²) in [5, 5.41) is 4.45. The Morgan fingerprint density at radius 2 is 2.20 bits per heavy atom. The lowest BCUT2D eigenvalue weighted by atomic mass is 10.2. The molecule has 1 aliphatic rings. The van der Waals surface area contributed by atoms with Gasteiger partial charge in [0.25, 0.3) is 0 Å². The molecule has 0 heterocycles. The van der Waals surface area contributed by atoms with Gasteiger partial charge in [0.15, 0.2) is 0 Å². The summed E-state index contributed by atoms with van der Waals surface area (Å²) in [6.07, 6.45) is 13.1. The largest absolute Gasteiger partial charge is 0.313 e. The van der Waals surface area contributed by atoms with Crippen molar-refractivity contribution in [3.05, 3.63) is 0 Å². The van der Waals surface area contributed by atoms with Gasteiger partial charge in [0, 0.05) is 23.5 Å². The quantitative estimate of drug-likeness (QED) is 0.668. The third-order valence-corrected chi connectivity index (χ3v) is 4.50. The van der Waals surface area contributed by atoms with Crippen LogP contribution >= 0.6 is 11.8 Å². The van der Waals surface area contributed by atoms with Gasteiger partial charge < -0.3 is 5.32 Å². The molecule has 2 heteroatoms. The smallest absolute Gasteiger partial charge is 0.0167 e. The Hall–Kier alpha value is -0.130. The van der Waals surface area contributed by atoms with Crippen LogP contribution in [0.4, 0.5) is 0 Å². The molecule has 0 saturated heterocycles. The molecule has 0 aromatic carbocycles. The zero-order chi connectivity index (χ0) is 10.9. The minimum absolute atomic E-state index is 0.622. The minimum Gasteiger partial charge on any atom is -0.313 e. The first-order valence-electron chi connectivity index (χ1n) is 6.15. The molecule has 0 aromatic heterocycles. The van der Waals surface area contributed by atoms with E-state index < -0.39 is 0 Å². The van der Waals surface area contributed by atoms with Crippen LogP contribution in [0, 0.1) is 12.3 Å². The SMILES string of the molecule is C#CCCC(CSC1CCCC1)NCC. The minimum atomic E-state index is 0.622. The van der Waals surface area contributed by atoms with Crippen LogP contribution in [0.5, 0.6) is 0 Å². The normalized spacial score (nSPS) is 18.9. The first-order valence-corrected chi connectivity index (χ1v) is 7.20. The number of terminal acetylenes is 1. The van der Waals surface area contributed by atoms with Gasteiger partial charge in [0.05, 0.1) is 0 Å². The van der Waals surface area contributed by atoms with E-state index in [0.717, 1.165) is 24.6 Å². The first kappa shape index (κ1) is 12.9. The molecule has 1 unspecified atom stereocenters. The molecular formula is C13H23NS. The molecule has 1 rings (SSSR count). The lowest BCUT2D eigenvalue weighted by molar-refractivity contribution is 0.544. The summed E-state index contributed by atoms with van der Waals surface area (Å²) in [6.45, 7) is 3.23. The zero-order valence-electron chi connectivity index (χ0n) is 9.80. The van der Waals surface area contributed by atoms with Crippen molar-refractivity contribution in [2.24, 2.45) is 0 Å². The predicted molar refractivity (Wildman–Crippen MR) is 70.2 cm³/mol. The van der Waals surface area contributed by atoms with Crippen molar-refractivity contribution in [2.45, 2.75) is 56.7 Å². The standard InChI is InChI=1S/C13H23NS/c1-3-5-8-12(14-4-2)11-15-13-9-6-7-10-13/h1,12-14H,4-11H2,2H3. The van der Waals surface area contributed by atoms with E-state index in [1.807, 2.05) is 0 Å². The second-order valence-electron chi connectivity index (χ2n) is 4.24. The molecular weight excluding hydrogens is 202 g/mol. The van der Waals surface area contributed by atoms with Crippen molar-refractivity contribution < 1.29 is 0 Å². The fourth-order valence-corrected chi connectivity index (χ4v) is 3.55. The van der Waals surface area contributed by atoms with E-state index in [9.17, 15) is 0 Å². The van der Waals surface area contributed by atoms with E-state index in [4.69, 9.17) is 6.42 Å². The summed E-state index contributed by atoms with van der Waals surface area (Å²) in [7, 11) is 0. The summed E-state index contributed by atoms with van der Waals surface area (Å²) in [5.74, 6) is 3.97.